The number of ketones is 1. The molecule has 2 aliphatic carbocycles. The Labute approximate surface area is 146 Å². The van der Waals surface area contributed by atoms with Crippen LogP contribution in [0.25, 0.3) is 0 Å². The molecule has 6 nitrogen and oxygen atoms in total. The molecule has 2 saturated carbocycles. The Balaban J connectivity index is 1.39. The van der Waals surface area contributed by atoms with E-state index in [2.05, 4.69) is 10.3 Å². The molecule has 24 heavy (non-hydrogen) atoms. The number of nitrogens with one attached hydrogen (secondary N) is 1. The Hall–Kier alpha value is -1.28. The van der Waals surface area contributed by atoms with Crippen molar-refractivity contribution in [2.45, 2.75) is 43.4 Å². The summed E-state index contributed by atoms with van der Waals surface area (Å²) in [5.74, 6) is 1.68. The summed E-state index contributed by atoms with van der Waals surface area (Å²) in [5.41, 5.74) is 0. The molecule has 0 aliphatic heterocycles. The van der Waals surface area contributed by atoms with Crippen LogP contribution >= 0.6 is 11.3 Å². The summed E-state index contributed by atoms with van der Waals surface area (Å²) in [6, 6.07) is 0. The first-order valence-corrected chi connectivity index (χ1v) is 10.9. The molecule has 8 heteroatoms. The normalized spacial score (nSPS) is 25.5. The third kappa shape index (κ3) is 3.69. The van der Waals surface area contributed by atoms with Gasteiger partial charge in [0.25, 0.3) is 5.91 Å². The highest BCUT2D eigenvalue weighted by atomic mass is 32.2. The third-order valence-corrected chi connectivity index (χ3v) is 8.15. The van der Waals surface area contributed by atoms with Crippen LogP contribution in [0.2, 0.25) is 0 Å². The molecule has 0 radical (unpaired) electrons. The maximum absolute atomic E-state index is 12.0. The number of amides is 1. The van der Waals surface area contributed by atoms with Gasteiger partial charge in [-0.15, -0.1) is 0 Å². The summed E-state index contributed by atoms with van der Waals surface area (Å²) in [6.07, 6.45) is 5.99. The average molecular weight is 370 g/mol. The van der Waals surface area contributed by atoms with Gasteiger partial charge in [0.15, 0.2) is 0 Å². The topological polar surface area (TPSA) is 93.2 Å². The van der Waals surface area contributed by atoms with Crippen LogP contribution in [0.1, 0.15) is 48.7 Å². The van der Waals surface area contributed by atoms with Gasteiger partial charge in [0, 0.05) is 18.9 Å². The average Bonchev–Trinajstić information content (AvgIpc) is 2.99. The highest BCUT2D eigenvalue weighted by molar-refractivity contribution is 7.93. The van der Waals surface area contributed by atoms with Crippen molar-refractivity contribution in [3.8, 4) is 0 Å². The van der Waals surface area contributed by atoms with E-state index >= 15 is 0 Å². The van der Waals surface area contributed by atoms with Crippen molar-refractivity contribution >= 4 is 32.9 Å². The zero-order chi connectivity index (χ0) is 17.3. The molecule has 0 aromatic carbocycles. The minimum absolute atomic E-state index is 0.00566. The number of carbonyl (C=O) groups is 2. The molecule has 0 spiro atoms. The Bertz CT molecular complexity index is 741. The van der Waals surface area contributed by atoms with E-state index in [9.17, 15) is 18.0 Å². The number of rotatable bonds is 8. The number of sulfone groups is 1. The number of aromatic nitrogens is 1. The van der Waals surface area contributed by atoms with Gasteiger partial charge in [0.1, 0.15) is 10.7 Å². The lowest BCUT2D eigenvalue weighted by atomic mass is 9.95. The molecule has 3 atom stereocenters. The van der Waals surface area contributed by atoms with Crippen LogP contribution in [0.15, 0.2) is 10.5 Å². The van der Waals surface area contributed by atoms with Crippen molar-refractivity contribution in [2.24, 2.45) is 17.8 Å². The van der Waals surface area contributed by atoms with E-state index < -0.39 is 9.84 Å². The monoisotopic (exact) mass is 370 g/mol. The van der Waals surface area contributed by atoms with Crippen LogP contribution in [0.5, 0.6) is 0 Å². The van der Waals surface area contributed by atoms with Crippen molar-refractivity contribution in [1.29, 1.82) is 0 Å². The van der Waals surface area contributed by atoms with Crippen molar-refractivity contribution in [3.63, 3.8) is 0 Å². The number of Topliss-reactive ketones (excluding diaryl/α,β-unsaturated/α-hetero) is 1. The molecule has 1 aromatic rings. The van der Waals surface area contributed by atoms with Crippen LogP contribution in [-0.4, -0.2) is 37.4 Å². The Morgan fingerprint density at radius 2 is 2.21 bits per heavy atom. The van der Waals surface area contributed by atoms with E-state index in [1.165, 1.54) is 12.6 Å². The molecule has 0 saturated heterocycles. The summed E-state index contributed by atoms with van der Waals surface area (Å²) in [6.45, 7) is 2.08. The lowest BCUT2D eigenvalue weighted by molar-refractivity contribution is -0.121. The highest BCUT2D eigenvalue weighted by Gasteiger charge is 2.52. The molecular weight excluding hydrogens is 348 g/mol. The van der Waals surface area contributed by atoms with Gasteiger partial charge in [-0.1, -0.05) is 24.7 Å². The zero-order valence-electron chi connectivity index (χ0n) is 13.7. The predicted molar refractivity (Wildman–Crippen MR) is 90.7 cm³/mol. The lowest BCUT2D eigenvalue weighted by Crippen LogP contribution is -2.23. The molecule has 1 heterocycles. The molecular formula is C16H22N2O4S2. The predicted octanol–water partition coefficient (Wildman–Crippen LogP) is 2.06. The Kier molecular flexibility index (Phi) is 5.05. The fraction of sp³-hybridized carbons (Fsp3) is 0.688. The molecule has 2 fully saturated rings. The van der Waals surface area contributed by atoms with Gasteiger partial charge in [0.2, 0.25) is 14.2 Å². The SMILES string of the molecule is CCS(=O)(=O)c1ncc(C(=O)NCCCCC2C(=O)CC3CC32)s1. The first-order valence-electron chi connectivity index (χ1n) is 8.42. The van der Waals surface area contributed by atoms with Gasteiger partial charge in [-0.3, -0.25) is 9.59 Å². The largest absolute Gasteiger partial charge is 0.351 e. The lowest BCUT2D eigenvalue weighted by Gasteiger charge is -2.10. The summed E-state index contributed by atoms with van der Waals surface area (Å²) in [7, 11) is -3.36. The van der Waals surface area contributed by atoms with Gasteiger partial charge in [0.05, 0.1) is 11.9 Å². The fourth-order valence-electron chi connectivity index (χ4n) is 3.43. The smallest absolute Gasteiger partial charge is 0.263 e. The molecule has 0 bridgehead atoms. The van der Waals surface area contributed by atoms with Gasteiger partial charge in [-0.2, -0.15) is 0 Å². The molecule has 132 valence electrons. The second-order valence-electron chi connectivity index (χ2n) is 6.58. The first kappa shape index (κ1) is 17.5. The van der Waals surface area contributed by atoms with E-state index in [1.807, 2.05) is 0 Å². The van der Waals surface area contributed by atoms with Crippen molar-refractivity contribution in [3.05, 3.63) is 11.1 Å². The Morgan fingerprint density at radius 3 is 2.88 bits per heavy atom. The summed E-state index contributed by atoms with van der Waals surface area (Å²) >= 11 is 0.907. The van der Waals surface area contributed by atoms with Crippen molar-refractivity contribution in [1.82, 2.24) is 10.3 Å². The minimum atomic E-state index is -3.36. The van der Waals surface area contributed by atoms with Crippen LogP contribution in [0, 0.1) is 17.8 Å². The molecule has 3 unspecified atom stereocenters. The summed E-state index contributed by atoms with van der Waals surface area (Å²) < 4.78 is 23.4. The standard InChI is InChI=1S/C16H22N2O4S2/c1-2-24(21,22)16-18-9-14(23-16)15(20)17-6-4-3-5-11-12-7-10(12)8-13(11)19/h9-12H,2-8H2,1H3,(H,17,20). The number of hydrogen-bond acceptors (Lipinski definition) is 6. The summed E-state index contributed by atoms with van der Waals surface area (Å²) in [5, 5.41) is 2.79. The Morgan fingerprint density at radius 1 is 1.42 bits per heavy atom. The third-order valence-electron chi connectivity index (χ3n) is 4.95. The van der Waals surface area contributed by atoms with Gasteiger partial charge in [-0.05, 0) is 31.1 Å². The molecule has 1 amide bonds. The van der Waals surface area contributed by atoms with Crippen molar-refractivity contribution < 1.29 is 18.0 Å². The number of fused-ring (bicyclic) bond motifs is 1. The number of carbonyl (C=O) groups excluding carboxylic acids is 2. The van der Waals surface area contributed by atoms with E-state index in [1.54, 1.807) is 6.92 Å². The highest BCUT2D eigenvalue weighted by Crippen LogP contribution is 2.54. The quantitative estimate of drug-likeness (QED) is 0.707. The second-order valence-corrected chi connectivity index (χ2v) is 10.1. The fourth-order valence-corrected chi connectivity index (χ4v) is 5.59. The molecule has 1 aromatic heterocycles. The number of unbranched alkanes of at least 4 members (excludes halogenated alkanes) is 1. The zero-order valence-corrected chi connectivity index (χ0v) is 15.3. The van der Waals surface area contributed by atoms with Gasteiger partial charge in [-0.25, -0.2) is 13.4 Å². The summed E-state index contributed by atoms with van der Waals surface area (Å²) in [4.78, 5) is 27.9. The molecule has 1 N–H and O–H groups in total. The molecule has 2 aliphatic rings. The van der Waals surface area contributed by atoms with E-state index in [-0.39, 0.29) is 21.9 Å². The number of hydrogen-bond donors (Lipinski definition) is 1. The van der Waals surface area contributed by atoms with Gasteiger partial charge < -0.3 is 5.32 Å². The maximum Gasteiger partial charge on any atom is 0.263 e. The number of nitrogens with zero attached hydrogens (tertiary/aromatic N) is 1. The van der Waals surface area contributed by atoms with Crippen LogP contribution in [-0.2, 0) is 14.6 Å². The van der Waals surface area contributed by atoms with Crippen LogP contribution in [0.4, 0.5) is 0 Å². The van der Waals surface area contributed by atoms with E-state index in [0.29, 0.717) is 29.0 Å². The second kappa shape index (κ2) is 6.92. The van der Waals surface area contributed by atoms with Crippen LogP contribution < -0.4 is 5.32 Å². The van der Waals surface area contributed by atoms with Gasteiger partial charge >= 0.3 is 0 Å². The molecule has 3 rings (SSSR count). The first-order chi connectivity index (χ1) is 11.4. The minimum Gasteiger partial charge on any atom is -0.351 e. The van der Waals surface area contributed by atoms with E-state index in [4.69, 9.17) is 0 Å². The van der Waals surface area contributed by atoms with Crippen molar-refractivity contribution in [2.75, 3.05) is 12.3 Å². The number of thiazole rings is 1. The van der Waals surface area contributed by atoms with Crippen LogP contribution in [0.3, 0.4) is 0 Å². The van der Waals surface area contributed by atoms with E-state index in [0.717, 1.165) is 37.0 Å². The maximum atomic E-state index is 12.0.